The highest BCUT2D eigenvalue weighted by atomic mass is 19.1. The molecule has 0 heterocycles. The van der Waals surface area contributed by atoms with Crippen LogP contribution in [0.5, 0.6) is 0 Å². The Kier molecular flexibility index (Phi) is 5.74. The number of carboxylic acid groups (broad SMARTS) is 1. The summed E-state index contributed by atoms with van der Waals surface area (Å²) in [4.78, 5) is 12.6. The van der Waals surface area contributed by atoms with Crippen LogP contribution in [0.2, 0.25) is 0 Å². The van der Waals surface area contributed by atoms with E-state index in [0.29, 0.717) is 23.7 Å². The predicted molar refractivity (Wildman–Crippen MR) is 80.4 cm³/mol. The highest BCUT2D eigenvalue weighted by Gasteiger charge is 2.18. The molecule has 0 aliphatic carbocycles. The van der Waals surface area contributed by atoms with Gasteiger partial charge in [-0.1, -0.05) is 26.0 Å². The van der Waals surface area contributed by atoms with E-state index in [9.17, 15) is 9.18 Å². The van der Waals surface area contributed by atoms with E-state index in [4.69, 9.17) is 5.11 Å². The maximum absolute atomic E-state index is 14.2. The highest BCUT2D eigenvalue weighted by Crippen LogP contribution is 2.28. The molecular formula is C16H22FNO2. The van der Waals surface area contributed by atoms with E-state index in [1.54, 1.807) is 12.1 Å². The van der Waals surface area contributed by atoms with Crippen LogP contribution in [0.1, 0.15) is 33.3 Å². The van der Waals surface area contributed by atoms with E-state index in [2.05, 4.69) is 13.8 Å². The van der Waals surface area contributed by atoms with Crippen molar-refractivity contribution in [1.29, 1.82) is 0 Å². The van der Waals surface area contributed by atoms with Crippen LogP contribution >= 0.6 is 0 Å². The molecule has 0 fully saturated rings. The van der Waals surface area contributed by atoms with Crippen LogP contribution in [0, 0.1) is 11.7 Å². The molecule has 3 nitrogen and oxygen atoms in total. The fourth-order valence-electron chi connectivity index (χ4n) is 2.08. The number of nitrogens with zero attached hydrogens (tertiary/aromatic N) is 1. The van der Waals surface area contributed by atoms with Crippen molar-refractivity contribution in [3.63, 3.8) is 0 Å². The van der Waals surface area contributed by atoms with E-state index in [1.807, 2.05) is 18.7 Å². The lowest BCUT2D eigenvalue weighted by molar-refractivity contribution is -0.131. The number of hydrogen-bond donors (Lipinski definition) is 1. The van der Waals surface area contributed by atoms with Gasteiger partial charge in [-0.3, -0.25) is 0 Å². The molecule has 0 saturated heterocycles. The second-order valence-corrected chi connectivity index (χ2v) is 5.49. The van der Waals surface area contributed by atoms with Crippen molar-refractivity contribution in [3.05, 3.63) is 35.7 Å². The first kappa shape index (κ1) is 16.2. The summed E-state index contributed by atoms with van der Waals surface area (Å²) >= 11 is 0. The average Bonchev–Trinajstić information content (AvgIpc) is 2.33. The number of aliphatic carboxylic acids is 1. The third kappa shape index (κ3) is 4.37. The molecule has 0 unspecified atom stereocenters. The summed E-state index contributed by atoms with van der Waals surface area (Å²) < 4.78 is 14.2. The zero-order valence-corrected chi connectivity index (χ0v) is 12.4. The Morgan fingerprint density at radius 2 is 2.00 bits per heavy atom. The van der Waals surface area contributed by atoms with Gasteiger partial charge in [-0.05, 0) is 31.9 Å². The Bertz CT molecular complexity index is 495. The Hall–Kier alpha value is -1.84. The van der Waals surface area contributed by atoms with Gasteiger partial charge < -0.3 is 10.0 Å². The first-order valence-corrected chi connectivity index (χ1v) is 6.79. The van der Waals surface area contributed by atoms with Crippen molar-refractivity contribution in [2.75, 3.05) is 11.4 Å². The van der Waals surface area contributed by atoms with E-state index >= 15 is 0 Å². The van der Waals surface area contributed by atoms with E-state index in [0.717, 1.165) is 6.08 Å². The molecule has 1 N–H and O–H groups in total. The summed E-state index contributed by atoms with van der Waals surface area (Å²) in [6.45, 7) is 8.86. The summed E-state index contributed by atoms with van der Waals surface area (Å²) in [6, 6.07) is 4.86. The summed E-state index contributed by atoms with van der Waals surface area (Å²) in [5.41, 5.74) is 1.05. The van der Waals surface area contributed by atoms with Crippen molar-refractivity contribution in [2.45, 2.75) is 33.7 Å². The van der Waals surface area contributed by atoms with Crippen molar-refractivity contribution in [2.24, 2.45) is 5.92 Å². The third-order valence-corrected chi connectivity index (χ3v) is 2.90. The number of halogens is 1. The predicted octanol–water partition coefficient (Wildman–Crippen LogP) is 3.79. The van der Waals surface area contributed by atoms with Crippen LogP contribution in [0.3, 0.4) is 0 Å². The molecular weight excluding hydrogens is 257 g/mol. The van der Waals surface area contributed by atoms with Crippen molar-refractivity contribution >= 4 is 17.7 Å². The number of benzene rings is 1. The van der Waals surface area contributed by atoms with Gasteiger partial charge in [0, 0.05) is 24.2 Å². The quantitative estimate of drug-likeness (QED) is 0.805. The standard InChI is InChI=1S/C16H22FNO2/c1-11(2)10-18(12(3)4)16-13(8-9-15(19)20)6-5-7-14(16)17/h5-9,11-12H,10H2,1-4H3,(H,19,20)/b9-8+. The molecule has 1 aromatic carbocycles. The number of para-hydroxylation sites is 1. The highest BCUT2D eigenvalue weighted by molar-refractivity contribution is 5.87. The minimum absolute atomic E-state index is 0.131. The molecule has 1 aromatic rings. The molecule has 0 saturated carbocycles. The second kappa shape index (κ2) is 7.08. The van der Waals surface area contributed by atoms with Crippen LogP contribution in [-0.4, -0.2) is 23.7 Å². The summed E-state index contributed by atoms with van der Waals surface area (Å²) in [7, 11) is 0. The van der Waals surface area contributed by atoms with Crippen LogP contribution in [0.15, 0.2) is 24.3 Å². The monoisotopic (exact) mass is 279 g/mol. The van der Waals surface area contributed by atoms with Crippen LogP contribution in [0.4, 0.5) is 10.1 Å². The molecule has 0 bridgehead atoms. The molecule has 0 atom stereocenters. The molecule has 0 amide bonds. The topological polar surface area (TPSA) is 40.5 Å². The van der Waals surface area contributed by atoms with Crippen LogP contribution in [-0.2, 0) is 4.79 Å². The van der Waals surface area contributed by atoms with Gasteiger partial charge in [0.05, 0.1) is 5.69 Å². The maximum Gasteiger partial charge on any atom is 0.328 e. The van der Waals surface area contributed by atoms with E-state index in [-0.39, 0.29) is 11.9 Å². The first-order valence-electron chi connectivity index (χ1n) is 6.79. The van der Waals surface area contributed by atoms with Crippen molar-refractivity contribution in [3.8, 4) is 0 Å². The number of rotatable bonds is 6. The molecule has 110 valence electrons. The molecule has 1 rings (SSSR count). The SMILES string of the molecule is CC(C)CN(c1c(F)cccc1/C=C/C(=O)O)C(C)C. The van der Waals surface area contributed by atoms with Crippen molar-refractivity contribution < 1.29 is 14.3 Å². The number of carboxylic acids is 1. The smallest absolute Gasteiger partial charge is 0.328 e. The Morgan fingerprint density at radius 3 is 2.50 bits per heavy atom. The number of anilines is 1. The largest absolute Gasteiger partial charge is 0.478 e. The second-order valence-electron chi connectivity index (χ2n) is 5.49. The van der Waals surface area contributed by atoms with Gasteiger partial charge in [-0.25, -0.2) is 9.18 Å². The van der Waals surface area contributed by atoms with Crippen molar-refractivity contribution in [1.82, 2.24) is 0 Å². The normalized spacial score (nSPS) is 11.6. The Labute approximate surface area is 119 Å². The molecule has 0 aromatic heterocycles. The van der Waals surface area contributed by atoms with Crippen LogP contribution < -0.4 is 4.90 Å². The van der Waals surface area contributed by atoms with E-state index in [1.165, 1.54) is 12.1 Å². The van der Waals surface area contributed by atoms with Gasteiger partial charge in [0.2, 0.25) is 0 Å². The summed E-state index contributed by atoms with van der Waals surface area (Å²) in [5.74, 6) is -0.986. The van der Waals surface area contributed by atoms with Gasteiger partial charge in [0.15, 0.2) is 0 Å². The number of carbonyl (C=O) groups is 1. The average molecular weight is 279 g/mol. The first-order chi connectivity index (χ1) is 9.32. The zero-order valence-electron chi connectivity index (χ0n) is 12.4. The lowest BCUT2D eigenvalue weighted by Crippen LogP contribution is -2.35. The molecule has 4 heteroatoms. The van der Waals surface area contributed by atoms with E-state index < -0.39 is 5.97 Å². The Balaban J connectivity index is 3.28. The molecule has 20 heavy (non-hydrogen) atoms. The van der Waals surface area contributed by atoms with Gasteiger partial charge in [0.25, 0.3) is 0 Å². The maximum atomic E-state index is 14.2. The van der Waals surface area contributed by atoms with Gasteiger partial charge in [-0.15, -0.1) is 0 Å². The number of hydrogen-bond acceptors (Lipinski definition) is 2. The fraction of sp³-hybridized carbons (Fsp3) is 0.438. The summed E-state index contributed by atoms with van der Waals surface area (Å²) in [5, 5.41) is 8.73. The minimum Gasteiger partial charge on any atom is -0.478 e. The molecule has 0 aliphatic rings. The minimum atomic E-state index is -1.04. The van der Waals surface area contributed by atoms with Gasteiger partial charge in [0.1, 0.15) is 5.82 Å². The zero-order chi connectivity index (χ0) is 15.3. The summed E-state index contributed by atoms with van der Waals surface area (Å²) in [6.07, 6.45) is 2.47. The van der Waals surface area contributed by atoms with Crippen LogP contribution in [0.25, 0.3) is 6.08 Å². The molecule has 0 aliphatic heterocycles. The van der Waals surface area contributed by atoms with Gasteiger partial charge >= 0.3 is 5.97 Å². The lowest BCUT2D eigenvalue weighted by atomic mass is 10.1. The molecule has 0 radical (unpaired) electrons. The third-order valence-electron chi connectivity index (χ3n) is 2.90. The molecule has 0 spiro atoms. The fourth-order valence-corrected chi connectivity index (χ4v) is 2.08. The van der Waals surface area contributed by atoms with Gasteiger partial charge in [-0.2, -0.15) is 0 Å². The Morgan fingerprint density at radius 1 is 1.35 bits per heavy atom. The lowest BCUT2D eigenvalue weighted by Gasteiger charge is -2.32.